The third-order valence-electron chi connectivity index (χ3n) is 2.91. The van der Waals surface area contributed by atoms with Gasteiger partial charge in [-0.2, -0.15) is 0 Å². The van der Waals surface area contributed by atoms with Gasteiger partial charge in [-0.05, 0) is 18.3 Å². The Morgan fingerprint density at radius 1 is 1.11 bits per heavy atom. The van der Waals surface area contributed by atoms with Gasteiger partial charge in [0.15, 0.2) is 0 Å². The smallest absolute Gasteiger partial charge is 0 e. The van der Waals surface area contributed by atoms with Crippen molar-refractivity contribution >= 4 is 0 Å². The minimum absolute atomic E-state index is 0. The van der Waals surface area contributed by atoms with Crippen molar-refractivity contribution in [1.82, 2.24) is 0 Å². The molecule has 9 heavy (non-hydrogen) atoms. The summed E-state index contributed by atoms with van der Waals surface area (Å²) in [5.74, 6) is 0. The first-order chi connectivity index (χ1) is 3.83. The predicted molar refractivity (Wildman–Crippen MR) is 36.9 cm³/mol. The Kier molecular flexibility index (Phi) is 4.58. The number of hydrogen-bond acceptors (Lipinski definition) is 0. The van der Waals surface area contributed by atoms with E-state index in [2.05, 4.69) is 13.8 Å². The van der Waals surface area contributed by atoms with Crippen LogP contribution in [0.15, 0.2) is 0 Å². The molecule has 1 saturated carbocycles. The molecule has 0 unspecified atom stereocenters. The van der Waals surface area contributed by atoms with Gasteiger partial charge >= 0.3 is 0 Å². The Morgan fingerprint density at radius 2 is 1.56 bits per heavy atom. The van der Waals surface area contributed by atoms with Crippen LogP contribution in [0.2, 0.25) is 0 Å². The van der Waals surface area contributed by atoms with Crippen LogP contribution in [0.4, 0.5) is 0 Å². The Bertz CT molecular complexity index is 61.1. The van der Waals surface area contributed by atoms with E-state index in [1.807, 2.05) is 0 Å². The van der Waals surface area contributed by atoms with E-state index in [0.29, 0.717) is 0 Å². The molecule has 0 bridgehead atoms. The second-order valence-electron chi connectivity index (χ2n) is 3.06. The van der Waals surface area contributed by atoms with Gasteiger partial charge in [0.05, 0.1) is 0 Å². The van der Waals surface area contributed by atoms with Gasteiger partial charge in [-0.25, -0.2) is 0 Å². The van der Waals surface area contributed by atoms with Crippen LogP contribution >= 0.6 is 0 Å². The van der Waals surface area contributed by atoms with Gasteiger partial charge in [0, 0.05) is 32.7 Å². The fourth-order valence-corrected chi connectivity index (χ4v) is 1.63. The van der Waals surface area contributed by atoms with Crippen LogP contribution in [0, 0.1) is 5.41 Å². The number of hydrogen-bond donors (Lipinski definition) is 0. The Labute approximate surface area is 83.7 Å². The van der Waals surface area contributed by atoms with Gasteiger partial charge < -0.3 is 0 Å². The van der Waals surface area contributed by atoms with Crippen LogP contribution in [0.5, 0.6) is 0 Å². The molecule has 0 atom stereocenters. The average molecular weight is 201 g/mol. The summed E-state index contributed by atoms with van der Waals surface area (Å²) >= 11 is 0. The maximum absolute atomic E-state index is 2.32. The third kappa shape index (κ3) is 2.01. The molecule has 1 aliphatic carbocycles. The summed E-state index contributed by atoms with van der Waals surface area (Å²) in [6.07, 6.45) is 7.30. The molecule has 0 heterocycles. The summed E-state index contributed by atoms with van der Waals surface area (Å²) in [5.41, 5.74) is 0.806. The molecular weight excluding hydrogens is 185 g/mol. The molecule has 0 spiro atoms. The molecule has 1 heteroatoms. The number of rotatable bonds is 2. The molecule has 51 valence electrons. The zero-order valence-electron chi connectivity index (χ0n) is 6.61. The first kappa shape index (κ1) is 10.1. The summed E-state index contributed by atoms with van der Waals surface area (Å²) in [6, 6.07) is 0. The largest absolute Gasteiger partial charge is 0.0649 e. The molecule has 0 nitrogen and oxygen atoms in total. The maximum atomic E-state index is 2.32. The van der Waals surface area contributed by atoms with E-state index in [0.717, 1.165) is 5.41 Å². The molecule has 0 aromatic heterocycles. The van der Waals surface area contributed by atoms with Crippen molar-refractivity contribution in [2.45, 2.75) is 46.0 Å². The van der Waals surface area contributed by atoms with Gasteiger partial charge in [0.1, 0.15) is 0 Å². The van der Waals surface area contributed by atoms with Crippen LogP contribution in [0.3, 0.4) is 0 Å². The zero-order chi connectivity index (χ0) is 6.04. The fraction of sp³-hybridized carbons (Fsp3) is 1.00. The fourth-order valence-electron chi connectivity index (χ4n) is 1.63. The molecule has 0 saturated heterocycles. The zero-order valence-corrected chi connectivity index (χ0v) is 9.45. The quantitative estimate of drug-likeness (QED) is 0.644. The minimum Gasteiger partial charge on any atom is -0.0649 e. The molecule has 1 fully saturated rings. The van der Waals surface area contributed by atoms with Crippen molar-refractivity contribution in [3.05, 3.63) is 0 Å². The summed E-state index contributed by atoms with van der Waals surface area (Å²) in [6.45, 7) is 4.64. The Hall–Kier alpha value is 1.10. The summed E-state index contributed by atoms with van der Waals surface area (Å²) < 4.78 is 0. The van der Waals surface area contributed by atoms with Crippen LogP contribution in [-0.2, 0) is 32.7 Å². The molecule has 0 amide bonds. The Balaban J connectivity index is 0.000000640. The summed E-state index contributed by atoms with van der Waals surface area (Å²) in [4.78, 5) is 0. The topological polar surface area (TPSA) is 0 Å². The van der Waals surface area contributed by atoms with E-state index in [9.17, 15) is 0 Å². The normalized spacial score (nSPS) is 22.0. The summed E-state index contributed by atoms with van der Waals surface area (Å²) in [5, 5.41) is 0. The molecule has 0 N–H and O–H groups in total. The van der Waals surface area contributed by atoms with Crippen molar-refractivity contribution in [3.8, 4) is 0 Å². The SMILES string of the molecule is CCC1(CC)CCC1.[Y]. The monoisotopic (exact) mass is 201 g/mol. The predicted octanol–water partition coefficient (Wildman–Crippen LogP) is 2.97. The van der Waals surface area contributed by atoms with Crippen molar-refractivity contribution in [2.24, 2.45) is 5.41 Å². The van der Waals surface area contributed by atoms with Gasteiger partial charge in [-0.1, -0.05) is 33.1 Å². The van der Waals surface area contributed by atoms with E-state index in [1.54, 1.807) is 0 Å². The van der Waals surface area contributed by atoms with Crippen molar-refractivity contribution in [1.29, 1.82) is 0 Å². The van der Waals surface area contributed by atoms with Crippen molar-refractivity contribution in [3.63, 3.8) is 0 Å². The van der Waals surface area contributed by atoms with E-state index in [4.69, 9.17) is 0 Å². The van der Waals surface area contributed by atoms with Crippen LogP contribution in [-0.4, -0.2) is 0 Å². The van der Waals surface area contributed by atoms with Gasteiger partial charge in [0.25, 0.3) is 0 Å². The molecule has 1 aliphatic rings. The third-order valence-corrected chi connectivity index (χ3v) is 2.91. The van der Waals surface area contributed by atoms with Gasteiger partial charge in [0.2, 0.25) is 0 Å². The van der Waals surface area contributed by atoms with E-state index >= 15 is 0 Å². The second kappa shape index (κ2) is 4.08. The molecule has 0 aromatic rings. The second-order valence-corrected chi connectivity index (χ2v) is 3.06. The van der Waals surface area contributed by atoms with Gasteiger partial charge in [-0.15, -0.1) is 0 Å². The van der Waals surface area contributed by atoms with Crippen molar-refractivity contribution < 1.29 is 32.7 Å². The Morgan fingerprint density at radius 3 is 1.56 bits per heavy atom. The molecule has 0 aliphatic heterocycles. The molecular formula is C8H16Y. The van der Waals surface area contributed by atoms with E-state index < -0.39 is 0 Å². The van der Waals surface area contributed by atoms with Crippen LogP contribution < -0.4 is 0 Å². The first-order valence-electron chi connectivity index (χ1n) is 3.83. The van der Waals surface area contributed by atoms with E-state index in [-0.39, 0.29) is 32.7 Å². The van der Waals surface area contributed by atoms with Crippen LogP contribution in [0.1, 0.15) is 46.0 Å². The molecule has 0 aromatic carbocycles. The standard InChI is InChI=1S/C8H16.Y/c1-3-8(4-2)6-5-7-8;/h3-7H2,1-2H3;. The molecule has 1 radical (unpaired) electrons. The van der Waals surface area contributed by atoms with Gasteiger partial charge in [-0.3, -0.25) is 0 Å². The average Bonchev–Trinajstić information content (AvgIpc) is 1.67. The van der Waals surface area contributed by atoms with Crippen molar-refractivity contribution in [2.75, 3.05) is 0 Å². The summed E-state index contributed by atoms with van der Waals surface area (Å²) in [7, 11) is 0. The maximum Gasteiger partial charge on any atom is 0 e. The van der Waals surface area contributed by atoms with E-state index in [1.165, 1.54) is 32.1 Å². The first-order valence-corrected chi connectivity index (χ1v) is 3.83. The minimum atomic E-state index is 0. The molecule has 1 rings (SSSR count). The van der Waals surface area contributed by atoms with Crippen LogP contribution in [0.25, 0.3) is 0 Å².